The van der Waals surface area contributed by atoms with Gasteiger partial charge in [0, 0.05) is 25.4 Å². The molecule has 17 heavy (non-hydrogen) atoms. The fraction of sp³-hybridized carbons (Fsp3) is 0.333. The summed E-state index contributed by atoms with van der Waals surface area (Å²) in [5.41, 5.74) is 8.19. The molecule has 0 atom stereocenters. The fourth-order valence-electron chi connectivity index (χ4n) is 1.59. The summed E-state index contributed by atoms with van der Waals surface area (Å²) in [4.78, 5) is 8.38. The summed E-state index contributed by atoms with van der Waals surface area (Å²) in [6.45, 7) is 2.81. The van der Waals surface area contributed by atoms with Gasteiger partial charge in [-0.3, -0.25) is 4.40 Å². The number of nitrogen functional groups attached to an aromatic ring is 1. The van der Waals surface area contributed by atoms with E-state index < -0.39 is 0 Å². The Kier molecular flexibility index (Phi) is 3.26. The highest BCUT2D eigenvalue weighted by molar-refractivity contribution is 5.62. The van der Waals surface area contributed by atoms with E-state index in [9.17, 15) is 0 Å². The fourth-order valence-corrected chi connectivity index (χ4v) is 1.59. The molecule has 2 aromatic heterocycles. The van der Waals surface area contributed by atoms with Crippen LogP contribution in [-0.2, 0) is 0 Å². The van der Waals surface area contributed by atoms with Crippen molar-refractivity contribution in [3.63, 3.8) is 0 Å². The van der Waals surface area contributed by atoms with E-state index in [1.165, 1.54) is 0 Å². The highest BCUT2D eigenvalue weighted by atomic mass is 15.1. The van der Waals surface area contributed by atoms with Crippen molar-refractivity contribution >= 4 is 11.5 Å². The largest absolute Gasteiger partial charge is 0.381 e. The molecule has 5 heteroatoms. The molecular formula is C12H15N5. The Morgan fingerprint density at radius 1 is 1.53 bits per heavy atom. The molecule has 0 amide bonds. The Morgan fingerprint density at radius 2 is 2.35 bits per heavy atom. The van der Waals surface area contributed by atoms with E-state index in [0.717, 1.165) is 24.4 Å². The van der Waals surface area contributed by atoms with Crippen molar-refractivity contribution in [3.05, 3.63) is 23.8 Å². The molecular weight excluding hydrogens is 214 g/mol. The second kappa shape index (κ2) is 4.85. The van der Waals surface area contributed by atoms with E-state index >= 15 is 0 Å². The first-order chi connectivity index (χ1) is 8.24. The van der Waals surface area contributed by atoms with Crippen LogP contribution in [0.2, 0.25) is 0 Å². The Balaban J connectivity index is 2.42. The molecule has 2 heterocycles. The number of nitrogens with zero attached hydrogens (tertiary/aromatic N) is 3. The van der Waals surface area contributed by atoms with Crippen molar-refractivity contribution in [1.29, 1.82) is 0 Å². The van der Waals surface area contributed by atoms with Gasteiger partial charge < -0.3 is 11.1 Å². The average Bonchev–Trinajstić information content (AvgIpc) is 2.63. The second-order valence-corrected chi connectivity index (χ2v) is 3.71. The summed E-state index contributed by atoms with van der Waals surface area (Å²) in [5.74, 6) is 6.66. The van der Waals surface area contributed by atoms with Crippen molar-refractivity contribution in [1.82, 2.24) is 19.7 Å². The molecule has 0 bridgehead atoms. The molecule has 0 saturated carbocycles. The van der Waals surface area contributed by atoms with Gasteiger partial charge in [0.2, 0.25) is 0 Å². The lowest BCUT2D eigenvalue weighted by atomic mass is 10.3. The number of fused-ring (bicyclic) bond motifs is 1. The highest BCUT2D eigenvalue weighted by Crippen LogP contribution is 2.14. The maximum Gasteiger partial charge on any atom is 0.181 e. The number of hydrogen-bond donors (Lipinski definition) is 2. The summed E-state index contributed by atoms with van der Waals surface area (Å²) < 4.78 is 1.88. The number of imidazole rings is 1. The molecule has 0 aliphatic carbocycles. The first-order valence-electron chi connectivity index (χ1n) is 5.46. The van der Waals surface area contributed by atoms with Gasteiger partial charge in [-0.05, 0) is 19.9 Å². The summed E-state index contributed by atoms with van der Waals surface area (Å²) in [5, 5.41) is 3.05. The normalized spacial score (nSPS) is 10.2. The van der Waals surface area contributed by atoms with E-state index in [4.69, 9.17) is 5.73 Å². The van der Waals surface area contributed by atoms with Crippen LogP contribution in [0, 0.1) is 18.8 Å². The summed E-state index contributed by atoms with van der Waals surface area (Å²) >= 11 is 0. The van der Waals surface area contributed by atoms with Gasteiger partial charge in [-0.1, -0.05) is 5.92 Å². The molecule has 0 fully saturated rings. The first-order valence-corrected chi connectivity index (χ1v) is 5.46. The predicted molar refractivity (Wildman–Crippen MR) is 67.6 cm³/mol. The molecule has 2 rings (SSSR count). The van der Waals surface area contributed by atoms with Crippen molar-refractivity contribution in [3.8, 4) is 11.8 Å². The number of nitrogens with two attached hydrogens (primary N) is 1. The molecule has 0 aliphatic heterocycles. The summed E-state index contributed by atoms with van der Waals surface area (Å²) in [6.07, 6.45) is 4.29. The lowest BCUT2D eigenvalue weighted by Crippen LogP contribution is -2.06. The topological polar surface area (TPSA) is 68.2 Å². The number of aryl methyl sites for hydroxylation is 1. The van der Waals surface area contributed by atoms with Crippen molar-refractivity contribution in [2.45, 2.75) is 13.3 Å². The van der Waals surface area contributed by atoms with Crippen molar-refractivity contribution in [2.24, 2.45) is 0 Å². The molecule has 3 N–H and O–H groups in total. The van der Waals surface area contributed by atoms with Crippen LogP contribution in [0.25, 0.3) is 5.65 Å². The van der Waals surface area contributed by atoms with Crippen LogP contribution < -0.4 is 11.1 Å². The predicted octanol–water partition coefficient (Wildman–Crippen LogP) is 0.581. The first kappa shape index (κ1) is 11.4. The van der Waals surface area contributed by atoms with Crippen molar-refractivity contribution in [2.75, 3.05) is 19.3 Å². The van der Waals surface area contributed by atoms with Gasteiger partial charge in [0.25, 0.3) is 0 Å². The van der Waals surface area contributed by atoms with Crippen LogP contribution in [0.1, 0.15) is 17.8 Å². The van der Waals surface area contributed by atoms with E-state index in [1.54, 1.807) is 6.20 Å². The monoisotopic (exact) mass is 229 g/mol. The zero-order chi connectivity index (χ0) is 12.3. The van der Waals surface area contributed by atoms with E-state index in [2.05, 4.69) is 27.1 Å². The van der Waals surface area contributed by atoms with Crippen molar-refractivity contribution < 1.29 is 0 Å². The third-order valence-corrected chi connectivity index (χ3v) is 2.45. The quantitative estimate of drug-likeness (QED) is 0.584. The van der Waals surface area contributed by atoms with E-state index in [1.807, 2.05) is 24.6 Å². The zero-order valence-corrected chi connectivity index (χ0v) is 9.99. The standard InChI is InChI=1S/C12H15N5/c1-9-10(5-3-4-6-14-2)17-8-7-15-11(13)12(17)16-9/h7-8,14H,4,6H2,1-2H3,(H2,13,15). The van der Waals surface area contributed by atoms with Gasteiger partial charge in [0.1, 0.15) is 5.69 Å². The molecule has 0 unspecified atom stereocenters. The van der Waals surface area contributed by atoms with Crippen LogP contribution in [-0.4, -0.2) is 28.0 Å². The Morgan fingerprint density at radius 3 is 3.12 bits per heavy atom. The minimum Gasteiger partial charge on any atom is -0.381 e. The summed E-state index contributed by atoms with van der Waals surface area (Å²) in [6, 6.07) is 0. The number of rotatable bonds is 2. The second-order valence-electron chi connectivity index (χ2n) is 3.71. The molecule has 2 aromatic rings. The Bertz CT molecular complexity index is 588. The lowest BCUT2D eigenvalue weighted by molar-refractivity contribution is 0.818. The van der Waals surface area contributed by atoms with Gasteiger partial charge >= 0.3 is 0 Å². The van der Waals surface area contributed by atoms with Gasteiger partial charge in [-0.2, -0.15) is 0 Å². The molecule has 88 valence electrons. The average molecular weight is 229 g/mol. The number of hydrogen-bond acceptors (Lipinski definition) is 4. The number of aromatic nitrogens is 3. The molecule has 5 nitrogen and oxygen atoms in total. The van der Waals surface area contributed by atoms with E-state index in [-0.39, 0.29) is 0 Å². The maximum absolute atomic E-state index is 5.76. The molecule has 0 radical (unpaired) electrons. The third-order valence-electron chi connectivity index (χ3n) is 2.45. The van der Waals surface area contributed by atoms with Gasteiger partial charge in [0.15, 0.2) is 11.5 Å². The SMILES string of the molecule is CNCCC#Cc1c(C)nc2c(N)nccn12. The smallest absolute Gasteiger partial charge is 0.181 e. The Hall–Kier alpha value is -2.06. The van der Waals surface area contributed by atoms with Crippen LogP contribution >= 0.6 is 0 Å². The lowest BCUT2D eigenvalue weighted by Gasteiger charge is -1.96. The van der Waals surface area contributed by atoms with Crippen LogP contribution in [0.5, 0.6) is 0 Å². The number of nitrogens with one attached hydrogen (secondary N) is 1. The van der Waals surface area contributed by atoms with Crippen LogP contribution in [0.4, 0.5) is 5.82 Å². The number of anilines is 1. The van der Waals surface area contributed by atoms with Crippen LogP contribution in [0.3, 0.4) is 0 Å². The van der Waals surface area contributed by atoms with E-state index in [0.29, 0.717) is 11.5 Å². The minimum absolute atomic E-state index is 0.430. The zero-order valence-electron chi connectivity index (χ0n) is 9.99. The molecule has 0 aromatic carbocycles. The molecule has 0 saturated heterocycles. The summed E-state index contributed by atoms with van der Waals surface area (Å²) in [7, 11) is 1.91. The van der Waals surface area contributed by atoms with Gasteiger partial charge in [0.05, 0.1) is 5.69 Å². The van der Waals surface area contributed by atoms with Crippen LogP contribution in [0.15, 0.2) is 12.4 Å². The van der Waals surface area contributed by atoms with Gasteiger partial charge in [-0.15, -0.1) is 0 Å². The third kappa shape index (κ3) is 2.22. The molecule has 0 aliphatic rings. The maximum atomic E-state index is 5.76. The minimum atomic E-state index is 0.430. The molecule has 0 spiro atoms. The van der Waals surface area contributed by atoms with Gasteiger partial charge in [-0.25, -0.2) is 9.97 Å². The highest BCUT2D eigenvalue weighted by Gasteiger charge is 2.08. The Labute approximate surface area is 100 Å².